The van der Waals surface area contributed by atoms with Crippen LogP contribution in [0.4, 0.5) is 5.69 Å². The number of benzene rings is 1. The lowest BCUT2D eigenvalue weighted by molar-refractivity contribution is 0.415. The Labute approximate surface area is 80.3 Å². The fourth-order valence-corrected chi connectivity index (χ4v) is 0.895. The van der Waals surface area contributed by atoms with Crippen molar-refractivity contribution < 1.29 is 4.74 Å². The van der Waals surface area contributed by atoms with Crippen molar-refractivity contribution in [3.8, 4) is 5.75 Å². The molecular formula is C7H9BrClNO. The molecule has 0 fully saturated rings. The molecule has 62 valence electrons. The molecule has 0 aromatic heterocycles. The Morgan fingerprint density at radius 2 is 2.09 bits per heavy atom. The van der Waals surface area contributed by atoms with Gasteiger partial charge in [-0.15, -0.1) is 12.4 Å². The van der Waals surface area contributed by atoms with Crippen LogP contribution in [0.2, 0.25) is 0 Å². The number of rotatable bonds is 1. The maximum absolute atomic E-state index is 5.57. The number of halogens is 2. The molecule has 0 bridgehead atoms. The largest absolute Gasteiger partial charge is 0.497 e. The van der Waals surface area contributed by atoms with Gasteiger partial charge in [0.05, 0.1) is 7.11 Å². The summed E-state index contributed by atoms with van der Waals surface area (Å²) in [6.07, 6.45) is 0. The number of anilines is 1. The third kappa shape index (κ3) is 2.60. The zero-order valence-electron chi connectivity index (χ0n) is 6.00. The van der Waals surface area contributed by atoms with E-state index in [1.807, 2.05) is 12.1 Å². The van der Waals surface area contributed by atoms with Crippen molar-refractivity contribution in [3.05, 3.63) is 22.7 Å². The summed E-state index contributed by atoms with van der Waals surface area (Å²) in [7, 11) is 1.61. The molecule has 0 saturated heterocycles. The summed E-state index contributed by atoms with van der Waals surface area (Å²) in [6, 6.07) is 5.47. The van der Waals surface area contributed by atoms with E-state index in [-0.39, 0.29) is 12.4 Å². The van der Waals surface area contributed by atoms with Gasteiger partial charge < -0.3 is 10.5 Å². The standard InChI is InChI=1S/C7H8BrNO.ClH/c1-10-5-2-3-6(8)7(9)4-5;/h2-4H,9H2,1H3;1H. The summed E-state index contributed by atoms with van der Waals surface area (Å²) in [5, 5.41) is 0. The molecule has 4 heteroatoms. The highest BCUT2D eigenvalue weighted by Gasteiger charge is 1.95. The normalized spacial score (nSPS) is 8.55. The van der Waals surface area contributed by atoms with E-state index in [0.717, 1.165) is 10.2 Å². The molecule has 2 nitrogen and oxygen atoms in total. The van der Waals surface area contributed by atoms with Crippen molar-refractivity contribution in [1.29, 1.82) is 0 Å². The molecule has 0 amide bonds. The average Bonchev–Trinajstić information content (AvgIpc) is 1.95. The van der Waals surface area contributed by atoms with Gasteiger partial charge in [0.2, 0.25) is 0 Å². The zero-order chi connectivity index (χ0) is 7.56. The minimum atomic E-state index is 0. The molecule has 0 spiro atoms. The summed E-state index contributed by atoms with van der Waals surface area (Å²) in [6.45, 7) is 0. The number of nitrogen functional groups attached to an aromatic ring is 1. The topological polar surface area (TPSA) is 35.2 Å². The van der Waals surface area contributed by atoms with Gasteiger partial charge in [0.1, 0.15) is 5.75 Å². The molecule has 0 atom stereocenters. The minimum Gasteiger partial charge on any atom is -0.497 e. The van der Waals surface area contributed by atoms with Crippen LogP contribution in [0.25, 0.3) is 0 Å². The Hall–Kier alpha value is -0.410. The van der Waals surface area contributed by atoms with E-state index in [4.69, 9.17) is 10.5 Å². The van der Waals surface area contributed by atoms with E-state index < -0.39 is 0 Å². The average molecular weight is 239 g/mol. The van der Waals surface area contributed by atoms with Crippen LogP contribution in [0.15, 0.2) is 22.7 Å². The second-order valence-electron chi connectivity index (χ2n) is 1.89. The monoisotopic (exact) mass is 237 g/mol. The minimum absolute atomic E-state index is 0. The third-order valence-electron chi connectivity index (χ3n) is 1.20. The molecule has 11 heavy (non-hydrogen) atoms. The summed E-state index contributed by atoms with van der Waals surface area (Å²) < 4.78 is 5.85. The number of ether oxygens (including phenoxy) is 1. The summed E-state index contributed by atoms with van der Waals surface area (Å²) in [5.41, 5.74) is 6.26. The van der Waals surface area contributed by atoms with Gasteiger partial charge in [0.25, 0.3) is 0 Å². The smallest absolute Gasteiger partial charge is 0.120 e. The van der Waals surface area contributed by atoms with E-state index in [1.54, 1.807) is 13.2 Å². The first-order chi connectivity index (χ1) is 4.74. The molecule has 0 heterocycles. The Kier molecular flexibility index (Phi) is 4.30. The van der Waals surface area contributed by atoms with Crippen molar-refractivity contribution in [2.24, 2.45) is 0 Å². The van der Waals surface area contributed by atoms with Crippen LogP contribution in [0.3, 0.4) is 0 Å². The number of hydrogen-bond acceptors (Lipinski definition) is 2. The Morgan fingerprint density at radius 1 is 1.45 bits per heavy atom. The molecule has 1 aromatic rings. The Morgan fingerprint density at radius 3 is 2.55 bits per heavy atom. The van der Waals surface area contributed by atoms with Crippen LogP contribution in [-0.2, 0) is 0 Å². The third-order valence-corrected chi connectivity index (χ3v) is 1.93. The number of nitrogens with two attached hydrogens (primary N) is 1. The quantitative estimate of drug-likeness (QED) is 0.763. The first-order valence-corrected chi connectivity index (χ1v) is 3.62. The van der Waals surface area contributed by atoms with Crippen LogP contribution < -0.4 is 10.5 Å². The van der Waals surface area contributed by atoms with Gasteiger partial charge in [-0.3, -0.25) is 0 Å². The molecule has 0 aliphatic rings. The van der Waals surface area contributed by atoms with Crippen molar-refractivity contribution in [1.82, 2.24) is 0 Å². The lowest BCUT2D eigenvalue weighted by atomic mass is 10.3. The van der Waals surface area contributed by atoms with Crippen LogP contribution in [0.5, 0.6) is 5.75 Å². The van der Waals surface area contributed by atoms with Crippen molar-refractivity contribution in [3.63, 3.8) is 0 Å². The molecule has 0 saturated carbocycles. The summed E-state index contributed by atoms with van der Waals surface area (Å²) in [5.74, 6) is 0.778. The van der Waals surface area contributed by atoms with Crippen molar-refractivity contribution in [2.75, 3.05) is 12.8 Å². The highest BCUT2D eigenvalue weighted by atomic mass is 79.9. The van der Waals surface area contributed by atoms with Gasteiger partial charge >= 0.3 is 0 Å². The van der Waals surface area contributed by atoms with E-state index in [9.17, 15) is 0 Å². The molecule has 0 aliphatic heterocycles. The lowest BCUT2D eigenvalue weighted by Crippen LogP contribution is -1.88. The van der Waals surface area contributed by atoms with Gasteiger partial charge in [-0.1, -0.05) is 0 Å². The molecule has 0 unspecified atom stereocenters. The SMILES string of the molecule is COc1ccc(Br)c(N)c1.Cl. The summed E-state index contributed by atoms with van der Waals surface area (Å²) >= 11 is 3.28. The van der Waals surface area contributed by atoms with E-state index >= 15 is 0 Å². The number of hydrogen-bond donors (Lipinski definition) is 1. The second-order valence-corrected chi connectivity index (χ2v) is 2.74. The highest BCUT2D eigenvalue weighted by molar-refractivity contribution is 9.10. The molecular weight excluding hydrogens is 229 g/mol. The Bertz CT molecular complexity index is 242. The van der Waals surface area contributed by atoms with Crippen molar-refractivity contribution >= 4 is 34.0 Å². The van der Waals surface area contributed by atoms with Gasteiger partial charge in [-0.2, -0.15) is 0 Å². The van der Waals surface area contributed by atoms with Gasteiger partial charge in [0, 0.05) is 16.2 Å². The molecule has 2 N–H and O–H groups in total. The van der Waals surface area contributed by atoms with E-state index in [0.29, 0.717) is 5.69 Å². The van der Waals surface area contributed by atoms with Crippen LogP contribution >= 0.6 is 28.3 Å². The molecule has 0 aliphatic carbocycles. The lowest BCUT2D eigenvalue weighted by Gasteiger charge is -2.01. The first kappa shape index (κ1) is 10.6. The maximum Gasteiger partial charge on any atom is 0.120 e. The van der Waals surface area contributed by atoms with E-state index in [1.165, 1.54) is 0 Å². The molecule has 1 aromatic carbocycles. The van der Waals surface area contributed by atoms with Gasteiger partial charge in [0.15, 0.2) is 0 Å². The van der Waals surface area contributed by atoms with Crippen LogP contribution in [-0.4, -0.2) is 7.11 Å². The Balaban J connectivity index is 0.000001000. The first-order valence-electron chi connectivity index (χ1n) is 2.83. The highest BCUT2D eigenvalue weighted by Crippen LogP contribution is 2.23. The fraction of sp³-hybridized carbons (Fsp3) is 0.143. The van der Waals surface area contributed by atoms with Crippen LogP contribution in [0, 0.1) is 0 Å². The van der Waals surface area contributed by atoms with E-state index in [2.05, 4.69) is 15.9 Å². The zero-order valence-corrected chi connectivity index (χ0v) is 8.41. The fourth-order valence-electron chi connectivity index (χ4n) is 0.649. The van der Waals surface area contributed by atoms with Crippen molar-refractivity contribution in [2.45, 2.75) is 0 Å². The van der Waals surface area contributed by atoms with Gasteiger partial charge in [-0.25, -0.2) is 0 Å². The maximum atomic E-state index is 5.57. The predicted molar refractivity (Wildman–Crippen MR) is 52.4 cm³/mol. The summed E-state index contributed by atoms with van der Waals surface area (Å²) in [4.78, 5) is 0. The molecule has 1 rings (SSSR count). The van der Waals surface area contributed by atoms with Gasteiger partial charge in [-0.05, 0) is 28.1 Å². The number of methoxy groups -OCH3 is 1. The van der Waals surface area contributed by atoms with Crippen LogP contribution in [0.1, 0.15) is 0 Å². The molecule has 0 radical (unpaired) electrons. The second kappa shape index (κ2) is 4.46. The predicted octanol–water partition coefficient (Wildman–Crippen LogP) is 2.46.